The summed E-state index contributed by atoms with van der Waals surface area (Å²) >= 11 is 0. The summed E-state index contributed by atoms with van der Waals surface area (Å²) in [5.41, 5.74) is 4.79. The lowest BCUT2D eigenvalue weighted by atomic mass is 9.90. The normalized spacial score (nSPS) is 12.7. The maximum atomic E-state index is 3.73. The molecule has 0 aliphatic heterocycles. The van der Waals surface area contributed by atoms with Crippen LogP contribution in [-0.2, 0) is 0 Å². The van der Waals surface area contributed by atoms with Gasteiger partial charge in [-0.15, -0.1) is 0 Å². The fourth-order valence-electron chi connectivity index (χ4n) is 7.12. The Bertz CT molecular complexity index is 2430. The molecule has 0 saturated carbocycles. The second-order valence-electron chi connectivity index (χ2n) is 10.8. The summed E-state index contributed by atoms with van der Waals surface area (Å²) < 4.78 is 0. The molecule has 0 spiro atoms. The van der Waals surface area contributed by atoms with E-state index in [9.17, 15) is 0 Å². The minimum Gasteiger partial charge on any atom is -0.354 e. The Morgan fingerprint density at radius 3 is 1.13 bits per heavy atom. The lowest BCUT2D eigenvalue weighted by Crippen LogP contribution is -1.86. The van der Waals surface area contributed by atoms with E-state index in [0.29, 0.717) is 0 Å². The van der Waals surface area contributed by atoms with Crippen LogP contribution in [0.2, 0.25) is 0 Å². The number of benzene rings is 8. The quantitative estimate of drug-likeness (QED) is 0.202. The first kappa shape index (κ1) is 19.1. The van der Waals surface area contributed by atoms with Crippen molar-refractivity contribution in [2.45, 2.75) is 0 Å². The highest BCUT2D eigenvalue weighted by Crippen LogP contribution is 2.45. The Hall–Kier alpha value is -5.08. The third kappa shape index (κ3) is 2.25. The van der Waals surface area contributed by atoms with Gasteiger partial charge >= 0.3 is 0 Å². The van der Waals surface area contributed by atoms with E-state index in [4.69, 9.17) is 0 Å². The van der Waals surface area contributed by atoms with Crippen molar-refractivity contribution in [1.82, 2.24) is 9.97 Å². The van der Waals surface area contributed by atoms with Crippen LogP contribution in [0.5, 0.6) is 0 Å². The molecule has 0 atom stereocenters. The summed E-state index contributed by atoms with van der Waals surface area (Å²) in [6.45, 7) is 0. The van der Waals surface area contributed by atoms with Gasteiger partial charge in [-0.3, -0.25) is 0 Å². The van der Waals surface area contributed by atoms with Crippen LogP contribution in [0.3, 0.4) is 0 Å². The number of aromatic amines is 2. The Labute approximate surface area is 216 Å². The SMILES string of the molecule is c1ccc2cc3c(cc2c1)[nH]c1cc2ccc4cc5[nH]c6cc7ccccc7cc6c5c5ccc(c13)c2c45. The van der Waals surface area contributed by atoms with Crippen LogP contribution in [0.25, 0.3) is 97.5 Å². The van der Waals surface area contributed by atoms with Gasteiger partial charge in [0.2, 0.25) is 0 Å². The summed E-state index contributed by atoms with van der Waals surface area (Å²) in [5, 5.41) is 18.2. The highest BCUT2D eigenvalue weighted by Gasteiger charge is 2.18. The van der Waals surface area contributed by atoms with Crippen molar-refractivity contribution in [3.05, 3.63) is 109 Å². The van der Waals surface area contributed by atoms with Crippen LogP contribution < -0.4 is 0 Å². The molecule has 0 saturated heterocycles. The van der Waals surface area contributed by atoms with E-state index in [1.165, 1.54) is 97.5 Å². The molecule has 2 nitrogen and oxygen atoms in total. The number of rotatable bonds is 0. The maximum absolute atomic E-state index is 3.73. The summed E-state index contributed by atoms with van der Waals surface area (Å²) in [7, 11) is 0. The molecule has 0 unspecified atom stereocenters. The van der Waals surface area contributed by atoms with E-state index in [0.717, 1.165) is 0 Å². The fraction of sp³-hybridized carbons (Fsp3) is 0. The predicted octanol–water partition coefficient (Wildman–Crippen LogP) is 10.2. The molecule has 8 aromatic carbocycles. The van der Waals surface area contributed by atoms with Crippen molar-refractivity contribution in [3.8, 4) is 0 Å². The van der Waals surface area contributed by atoms with Gasteiger partial charge in [-0.25, -0.2) is 0 Å². The summed E-state index contributed by atoms with van der Waals surface area (Å²) in [6, 6.07) is 40.5. The minimum atomic E-state index is 1.19. The van der Waals surface area contributed by atoms with Gasteiger partial charge in [0.25, 0.3) is 0 Å². The van der Waals surface area contributed by atoms with Gasteiger partial charge in [0.1, 0.15) is 0 Å². The number of nitrogens with one attached hydrogen (secondary N) is 2. The second-order valence-corrected chi connectivity index (χ2v) is 10.8. The van der Waals surface area contributed by atoms with E-state index in [1.807, 2.05) is 0 Å². The Morgan fingerprint density at radius 2 is 0.684 bits per heavy atom. The van der Waals surface area contributed by atoms with E-state index < -0.39 is 0 Å². The number of aromatic nitrogens is 2. The predicted molar refractivity (Wildman–Crippen MR) is 164 cm³/mol. The summed E-state index contributed by atoms with van der Waals surface area (Å²) in [4.78, 5) is 7.47. The van der Waals surface area contributed by atoms with Crippen molar-refractivity contribution in [2.24, 2.45) is 0 Å². The Kier molecular flexibility index (Phi) is 3.23. The van der Waals surface area contributed by atoms with Gasteiger partial charge in [-0.05, 0) is 90.3 Å². The smallest absolute Gasteiger partial charge is 0.0477 e. The monoisotopic (exact) mass is 480 g/mol. The molecule has 0 bridgehead atoms. The lowest BCUT2D eigenvalue weighted by Gasteiger charge is -2.13. The third-order valence-corrected chi connectivity index (χ3v) is 8.75. The van der Waals surface area contributed by atoms with Crippen molar-refractivity contribution >= 4 is 97.5 Å². The average Bonchev–Trinajstić information content (AvgIpc) is 3.49. The van der Waals surface area contributed by atoms with Crippen LogP contribution in [0.15, 0.2) is 109 Å². The maximum Gasteiger partial charge on any atom is 0.0477 e. The summed E-state index contributed by atoms with van der Waals surface area (Å²) in [5.74, 6) is 0. The van der Waals surface area contributed by atoms with E-state index in [-0.39, 0.29) is 0 Å². The molecule has 0 amide bonds. The van der Waals surface area contributed by atoms with E-state index in [1.54, 1.807) is 0 Å². The highest BCUT2D eigenvalue weighted by atomic mass is 14.7. The zero-order valence-electron chi connectivity index (χ0n) is 20.4. The second kappa shape index (κ2) is 6.42. The first-order chi connectivity index (χ1) is 18.8. The van der Waals surface area contributed by atoms with Crippen molar-refractivity contribution in [1.29, 1.82) is 0 Å². The first-order valence-corrected chi connectivity index (χ1v) is 13.2. The lowest BCUT2D eigenvalue weighted by molar-refractivity contribution is 1.56. The summed E-state index contributed by atoms with van der Waals surface area (Å²) in [6.07, 6.45) is 0. The number of fused-ring (bicyclic) bond motifs is 10. The average molecular weight is 481 g/mol. The van der Waals surface area contributed by atoms with Crippen molar-refractivity contribution in [2.75, 3.05) is 0 Å². The number of hydrogen-bond acceptors (Lipinski definition) is 0. The largest absolute Gasteiger partial charge is 0.354 e. The van der Waals surface area contributed by atoms with E-state index in [2.05, 4.69) is 119 Å². The molecule has 2 aromatic heterocycles. The van der Waals surface area contributed by atoms with Gasteiger partial charge in [-0.1, -0.05) is 72.8 Å². The van der Waals surface area contributed by atoms with Crippen LogP contribution >= 0.6 is 0 Å². The standard InChI is InChI=1S/C36H20N2/c1-3-7-21-15-29-27(13-19(21)5-1)35-25-11-12-26-34-24(10-9-23(33(25)34)17-31(35)37-29)18-32-36(26)28-14-20-6-2-4-8-22(20)16-30(28)38-32/h1-18,37-38H. The Balaban J connectivity index is 1.42. The van der Waals surface area contributed by atoms with Crippen molar-refractivity contribution < 1.29 is 0 Å². The van der Waals surface area contributed by atoms with E-state index >= 15 is 0 Å². The molecule has 2 N–H and O–H groups in total. The van der Waals surface area contributed by atoms with Crippen LogP contribution in [-0.4, -0.2) is 9.97 Å². The zero-order chi connectivity index (χ0) is 24.5. The van der Waals surface area contributed by atoms with Gasteiger partial charge in [0, 0.05) is 43.6 Å². The molecule has 10 rings (SSSR count). The molecule has 10 aromatic rings. The van der Waals surface area contributed by atoms with Gasteiger partial charge in [0.05, 0.1) is 0 Å². The molecule has 0 aliphatic carbocycles. The molecule has 0 fully saturated rings. The van der Waals surface area contributed by atoms with Crippen LogP contribution in [0.1, 0.15) is 0 Å². The van der Waals surface area contributed by atoms with Crippen molar-refractivity contribution in [3.63, 3.8) is 0 Å². The van der Waals surface area contributed by atoms with Gasteiger partial charge < -0.3 is 9.97 Å². The molecule has 174 valence electrons. The topological polar surface area (TPSA) is 31.6 Å². The molecule has 2 heteroatoms. The minimum absolute atomic E-state index is 1.19. The molecule has 38 heavy (non-hydrogen) atoms. The van der Waals surface area contributed by atoms with Gasteiger partial charge in [0.15, 0.2) is 0 Å². The molecule has 0 radical (unpaired) electrons. The molecule has 2 heterocycles. The van der Waals surface area contributed by atoms with Crippen LogP contribution in [0.4, 0.5) is 0 Å². The van der Waals surface area contributed by atoms with Crippen LogP contribution in [0, 0.1) is 0 Å². The molecular weight excluding hydrogens is 460 g/mol. The third-order valence-electron chi connectivity index (χ3n) is 8.75. The highest BCUT2D eigenvalue weighted by molar-refractivity contribution is 6.37. The fourth-order valence-corrected chi connectivity index (χ4v) is 7.12. The first-order valence-electron chi connectivity index (χ1n) is 13.2. The number of hydrogen-bond donors (Lipinski definition) is 2. The molecular formula is C36H20N2. The Morgan fingerprint density at radius 1 is 0.289 bits per heavy atom. The molecule has 0 aliphatic rings. The zero-order valence-corrected chi connectivity index (χ0v) is 20.4. The van der Waals surface area contributed by atoms with Gasteiger partial charge in [-0.2, -0.15) is 0 Å². The number of H-pyrrole nitrogens is 2.